The third kappa shape index (κ3) is 3.72. The molecule has 4 N–H and O–H groups in total. The standard InChI is InChI=1S/C29H42O9/c1-15-23(32)24(33)25(34)26(37-15)38-18-5-9-28(14-30)17(12-18)3-4-21-20(28)6-8-27(2)19(7-10-29(21,27)35)16-11-22(31)36-13-16/h11,14-15,17-21,23-26,32-35H,3-10,12-13H2,1-2H3/t15-,17+,18+,19-,20-,21-,23-,24-,25-,26+,27-,28-,29+/m1/s1. The first-order valence-electron chi connectivity index (χ1n) is 14.4. The molecule has 1 saturated heterocycles. The topological polar surface area (TPSA) is 143 Å². The van der Waals surface area contributed by atoms with Gasteiger partial charge in [-0.1, -0.05) is 6.92 Å². The second-order valence-electron chi connectivity index (χ2n) is 13.2. The van der Waals surface area contributed by atoms with Gasteiger partial charge in [0.25, 0.3) is 0 Å². The number of esters is 1. The zero-order valence-electron chi connectivity index (χ0n) is 22.3. The molecule has 212 valence electrons. The van der Waals surface area contributed by atoms with Crippen molar-refractivity contribution in [3.63, 3.8) is 0 Å². The number of aldehydes is 1. The average molecular weight is 535 g/mol. The van der Waals surface area contributed by atoms with Gasteiger partial charge in [0.05, 0.1) is 17.8 Å². The van der Waals surface area contributed by atoms with E-state index in [9.17, 15) is 30.0 Å². The molecule has 0 bridgehead atoms. The van der Waals surface area contributed by atoms with E-state index in [1.165, 1.54) is 6.29 Å². The van der Waals surface area contributed by atoms with Crippen LogP contribution in [0.15, 0.2) is 11.6 Å². The van der Waals surface area contributed by atoms with Crippen LogP contribution in [-0.4, -0.2) is 81.7 Å². The Labute approximate surface area is 223 Å². The minimum atomic E-state index is -1.34. The number of hydrogen-bond donors (Lipinski definition) is 4. The number of ether oxygens (including phenoxy) is 3. The van der Waals surface area contributed by atoms with E-state index in [0.29, 0.717) is 32.3 Å². The second-order valence-corrected chi connectivity index (χ2v) is 13.2. The number of hydrogen-bond acceptors (Lipinski definition) is 9. The molecule has 9 heteroatoms. The predicted molar refractivity (Wildman–Crippen MR) is 133 cm³/mol. The van der Waals surface area contributed by atoms with E-state index in [4.69, 9.17) is 14.2 Å². The first-order chi connectivity index (χ1) is 18.0. The van der Waals surface area contributed by atoms with Crippen molar-refractivity contribution >= 4 is 12.3 Å². The largest absolute Gasteiger partial charge is 0.458 e. The molecule has 4 aliphatic carbocycles. The number of aliphatic hydroxyl groups excluding tert-OH is 3. The molecule has 0 unspecified atom stereocenters. The van der Waals surface area contributed by atoms with Gasteiger partial charge in [-0.2, -0.15) is 0 Å². The lowest BCUT2D eigenvalue weighted by atomic mass is 9.43. The van der Waals surface area contributed by atoms with Crippen molar-refractivity contribution in [3.05, 3.63) is 11.6 Å². The number of fused-ring (bicyclic) bond motifs is 5. The molecule has 0 aromatic rings. The van der Waals surface area contributed by atoms with E-state index in [0.717, 1.165) is 37.7 Å². The summed E-state index contributed by atoms with van der Waals surface area (Å²) in [6, 6.07) is 0. The molecule has 2 heterocycles. The van der Waals surface area contributed by atoms with Gasteiger partial charge in [0, 0.05) is 16.9 Å². The van der Waals surface area contributed by atoms with Gasteiger partial charge in [0.2, 0.25) is 0 Å². The highest BCUT2D eigenvalue weighted by Gasteiger charge is 2.68. The molecular formula is C29H42O9. The number of cyclic esters (lactones) is 1. The van der Waals surface area contributed by atoms with Crippen LogP contribution in [0.3, 0.4) is 0 Å². The van der Waals surface area contributed by atoms with Crippen LogP contribution >= 0.6 is 0 Å². The van der Waals surface area contributed by atoms with Crippen LogP contribution in [-0.2, 0) is 23.8 Å². The van der Waals surface area contributed by atoms with Gasteiger partial charge >= 0.3 is 5.97 Å². The molecule has 6 rings (SSSR count). The summed E-state index contributed by atoms with van der Waals surface area (Å²) in [7, 11) is 0. The fraction of sp³-hybridized carbons (Fsp3) is 0.862. The Kier molecular flexibility index (Phi) is 6.60. The normalized spacial score (nSPS) is 54.4. The smallest absolute Gasteiger partial charge is 0.331 e. The third-order valence-corrected chi connectivity index (χ3v) is 11.9. The van der Waals surface area contributed by atoms with E-state index < -0.39 is 41.7 Å². The Hall–Kier alpha value is -1.36. The van der Waals surface area contributed by atoms with Gasteiger partial charge in [-0.25, -0.2) is 4.79 Å². The summed E-state index contributed by atoms with van der Waals surface area (Å²) < 4.78 is 17.0. The molecule has 38 heavy (non-hydrogen) atoms. The van der Waals surface area contributed by atoms with Crippen molar-refractivity contribution in [2.24, 2.45) is 34.5 Å². The summed E-state index contributed by atoms with van der Waals surface area (Å²) in [6.45, 7) is 4.13. The van der Waals surface area contributed by atoms with E-state index in [1.54, 1.807) is 13.0 Å². The minimum Gasteiger partial charge on any atom is -0.458 e. The second kappa shape index (κ2) is 9.35. The fourth-order valence-corrected chi connectivity index (χ4v) is 9.73. The SMILES string of the molecule is C[C@H]1O[C@@H](O[C@H]2CC[C@@]3(C=O)[C@@H](CC[C@@H]4[C@H]3CC[C@]3(C)[C@@H](C5=CC(=O)OC5)CC[C@]43O)C2)[C@H](O)[C@H](O)[C@@H]1O. The maximum atomic E-state index is 12.9. The summed E-state index contributed by atoms with van der Waals surface area (Å²) in [5.74, 6) is 0.0678. The minimum absolute atomic E-state index is 0.0322. The molecular weight excluding hydrogens is 492 g/mol. The summed E-state index contributed by atoms with van der Waals surface area (Å²) in [4.78, 5) is 24.7. The average Bonchev–Trinajstić information content (AvgIpc) is 3.45. The van der Waals surface area contributed by atoms with Gasteiger partial charge in [0.1, 0.15) is 31.2 Å². The maximum absolute atomic E-state index is 12.9. The zero-order valence-corrected chi connectivity index (χ0v) is 22.3. The summed E-state index contributed by atoms with van der Waals surface area (Å²) >= 11 is 0. The molecule has 2 aliphatic heterocycles. The highest BCUT2D eigenvalue weighted by Crippen LogP contribution is 2.69. The van der Waals surface area contributed by atoms with Crippen molar-refractivity contribution in [1.82, 2.24) is 0 Å². The van der Waals surface area contributed by atoms with Gasteiger partial charge in [-0.05, 0) is 94.0 Å². The number of aliphatic hydroxyl groups is 4. The van der Waals surface area contributed by atoms with Crippen LogP contribution < -0.4 is 0 Å². The molecule has 0 radical (unpaired) electrons. The quantitative estimate of drug-likeness (QED) is 0.240. The number of rotatable bonds is 4. The van der Waals surface area contributed by atoms with Gasteiger partial charge in [-0.15, -0.1) is 0 Å². The zero-order chi connectivity index (χ0) is 27.0. The monoisotopic (exact) mass is 534 g/mol. The molecule has 4 saturated carbocycles. The fourth-order valence-electron chi connectivity index (χ4n) is 9.73. The van der Waals surface area contributed by atoms with Crippen molar-refractivity contribution in [1.29, 1.82) is 0 Å². The highest BCUT2D eigenvalue weighted by atomic mass is 16.7. The van der Waals surface area contributed by atoms with Crippen LogP contribution in [0.4, 0.5) is 0 Å². The van der Waals surface area contributed by atoms with E-state index in [1.807, 2.05) is 0 Å². The Morgan fingerprint density at radius 2 is 1.79 bits per heavy atom. The van der Waals surface area contributed by atoms with Crippen molar-refractivity contribution in [3.8, 4) is 0 Å². The van der Waals surface area contributed by atoms with E-state index >= 15 is 0 Å². The first-order valence-corrected chi connectivity index (χ1v) is 14.4. The van der Waals surface area contributed by atoms with Crippen molar-refractivity contribution in [2.75, 3.05) is 6.61 Å². The molecule has 5 fully saturated rings. The van der Waals surface area contributed by atoms with Crippen LogP contribution in [0.2, 0.25) is 0 Å². The predicted octanol–water partition coefficient (Wildman–Crippen LogP) is 1.64. The highest BCUT2D eigenvalue weighted by molar-refractivity contribution is 5.85. The van der Waals surface area contributed by atoms with Crippen molar-refractivity contribution < 1.29 is 44.2 Å². The van der Waals surface area contributed by atoms with Gasteiger partial charge in [0.15, 0.2) is 6.29 Å². The molecule has 13 atom stereocenters. The first kappa shape index (κ1) is 26.8. The summed E-state index contributed by atoms with van der Waals surface area (Å²) in [5.41, 5.74) is -0.739. The maximum Gasteiger partial charge on any atom is 0.331 e. The van der Waals surface area contributed by atoms with E-state index in [-0.39, 0.29) is 41.2 Å². The lowest BCUT2D eigenvalue weighted by Gasteiger charge is -2.63. The van der Waals surface area contributed by atoms with Crippen LogP contribution in [0.1, 0.15) is 71.6 Å². The summed E-state index contributed by atoms with van der Waals surface area (Å²) in [6.07, 6.45) is 3.80. The molecule has 0 amide bonds. The Morgan fingerprint density at radius 3 is 2.50 bits per heavy atom. The van der Waals surface area contributed by atoms with Gasteiger partial charge < -0.3 is 39.4 Å². The summed E-state index contributed by atoms with van der Waals surface area (Å²) in [5, 5.41) is 42.9. The molecule has 6 aliphatic rings. The number of carbonyl (C=O) groups is 2. The Morgan fingerprint density at radius 1 is 1.00 bits per heavy atom. The number of carbonyl (C=O) groups excluding carboxylic acids is 2. The molecule has 0 spiro atoms. The molecule has 0 aromatic heterocycles. The lowest BCUT2D eigenvalue weighted by molar-refractivity contribution is -0.309. The Bertz CT molecular complexity index is 999. The van der Waals surface area contributed by atoms with Gasteiger partial charge in [-0.3, -0.25) is 0 Å². The lowest BCUT2D eigenvalue weighted by Crippen LogP contribution is -2.63. The van der Waals surface area contributed by atoms with E-state index in [2.05, 4.69) is 6.92 Å². The molecule has 0 aromatic carbocycles. The Balaban J connectivity index is 1.19. The van der Waals surface area contributed by atoms with Crippen LogP contribution in [0.25, 0.3) is 0 Å². The van der Waals surface area contributed by atoms with Crippen LogP contribution in [0.5, 0.6) is 0 Å². The van der Waals surface area contributed by atoms with Crippen LogP contribution in [0, 0.1) is 34.5 Å². The molecule has 9 nitrogen and oxygen atoms in total. The third-order valence-electron chi connectivity index (χ3n) is 11.9. The van der Waals surface area contributed by atoms with Crippen molar-refractivity contribution in [2.45, 2.75) is 114 Å².